The molecule has 0 spiro atoms. The highest BCUT2D eigenvalue weighted by Gasteiger charge is 2.17. The third-order valence-electron chi connectivity index (χ3n) is 2.86. The van der Waals surface area contributed by atoms with Crippen LogP contribution in [-0.4, -0.2) is 6.66 Å². The SMILES string of the molecule is Cc1ccc(N[P@@](C)(=O)Oc2ccccc2)cc1C. The minimum atomic E-state index is -2.92. The molecule has 4 heteroatoms. The first-order valence-electron chi connectivity index (χ1n) is 6.14. The quantitative estimate of drug-likeness (QED) is 0.827. The Morgan fingerprint density at radius 3 is 2.32 bits per heavy atom. The molecule has 1 atom stereocenters. The summed E-state index contributed by atoms with van der Waals surface area (Å²) < 4.78 is 17.9. The van der Waals surface area contributed by atoms with E-state index < -0.39 is 7.52 Å². The lowest BCUT2D eigenvalue weighted by molar-refractivity contribution is 0.493. The topological polar surface area (TPSA) is 38.3 Å². The second kappa shape index (κ2) is 5.50. The van der Waals surface area contributed by atoms with Crippen LogP contribution in [0, 0.1) is 13.8 Å². The lowest BCUT2D eigenvalue weighted by atomic mass is 10.1. The summed E-state index contributed by atoms with van der Waals surface area (Å²) in [5.74, 6) is 0.602. The molecule has 1 N–H and O–H groups in total. The summed E-state index contributed by atoms with van der Waals surface area (Å²) in [4.78, 5) is 0. The molecule has 3 nitrogen and oxygen atoms in total. The van der Waals surface area contributed by atoms with Gasteiger partial charge in [0, 0.05) is 12.4 Å². The normalized spacial score (nSPS) is 13.6. The highest BCUT2D eigenvalue weighted by atomic mass is 31.2. The Balaban J connectivity index is 2.12. The molecule has 0 fully saturated rings. The van der Waals surface area contributed by atoms with Gasteiger partial charge in [0.1, 0.15) is 5.75 Å². The van der Waals surface area contributed by atoms with E-state index in [-0.39, 0.29) is 0 Å². The summed E-state index contributed by atoms with van der Waals surface area (Å²) in [6.45, 7) is 5.65. The molecule has 0 unspecified atom stereocenters. The molecule has 0 saturated carbocycles. The summed E-state index contributed by atoms with van der Waals surface area (Å²) in [5, 5.41) is 2.97. The molecule has 2 rings (SSSR count). The molecule has 0 radical (unpaired) electrons. The molecule has 0 aliphatic rings. The third-order valence-corrected chi connectivity index (χ3v) is 4.09. The van der Waals surface area contributed by atoms with Crippen LogP contribution in [0.4, 0.5) is 5.69 Å². The van der Waals surface area contributed by atoms with Gasteiger partial charge in [0.2, 0.25) is 0 Å². The zero-order chi connectivity index (χ0) is 13.9. The number of rotatable bonds is 4. The highest BCUT2D eigenvalue weighted by molar-refractivity contribution is 7.60. The molecule has 0 amide bonds. The Hall–Kier alpha value is -1.73. The van der Waals surface area contributed by atoms with E-state index in [9.17, 15) is 4.57 Å². The second-order valence-electron chi connectivity index (χ2n) is 4.66. The van der Waals surface area contributed by atoms with Crippen molar-refractivity contribution >= 4 is 13.2 Å². The van der Waals surface area contributed by atoms with Crippen molar-refractivity contribution in [3.63, 3.8) is 0 Å². The molecule has 0 aliphatic carbocycles. The van der Waals surface area contributed by atoms with Crippen LogP contribution in [-0.2, 0) is 4.57 Å². The molecule has 0 saturated heterocycles. The van der Waals surface area contributed by atoms with Crippen molar-refractivity contribution in [2.75, 3.05) is 11.8 Å². The van der Waals surface area contributed by atoms with Gasteiger partial charge in [-0.05, 0) is 49.2 Å². The lowest BCUT2D eigenvalue weighted by Gasteiger charge is -2.18. The van der Waals surface area contributed by atoms with E-state index in [1.54, 1.807) is 18.8 Å². The fourth-order valence-electron chi connectivity index (χ4n) is 1.75. The molecular formula is C15H18NO2P. The van der Waals surface area contributed by atoms with Gasteiger partial charge in [-0.25, -0.2) is 0 Å². The summed E-state index contributed by atoms with van der Waals surface area (Å²) in [6, 6.07) is 15.1. The number of anilines is 1. The first-order valence-corrected chi connectivity index (χ1v) is 8.21. The fourth-order valence-corrected chi connectivity index (χ4v) is 2.93. The van der Waals surface area contributed by atoms with Crippen LogP contribution in [0.3, 0.4) is 0 Å². The van der Waals surface area contributed by atoms with Crippen LogP contribution in [0.5, 0.6) is 5.75 Å². The van der Waals surface area contributed by atoms with Crippen LogP contribution in [0.25, 0.3) is 0 Å². The lowest BCUT2D eigenvalue weighted by Crippen LogP contribution is -2.02. The van der Waals surface area contributed by atoms with Gasteiger partial charge in [-0.2, -0.15) is 0 Å². The van der Waals surface area contributed by atoms with Crippen molar-refractivity contribution in [1.82, 2.24) is 0 Å². The van der Waals surface area contributed by atoms with Crippen molar-refractivity contribution in [2.45, 2.75) is 13.8 Å². The maximum Gasteiger partial charge on any atom is 0.338 e. The number of benzene rings is 2. The fraction of sp³-hybridized carbons (Fsp3) is 0.200. The Bertz CT molecular complexity index is 611. The van der Waals surface area contributed by atoms with Gasteiger partial charge in [0.05, 0.1) is 0 Å². The van der Waals surface area contributed by atoms with E-state index >= 15 is 0 Å². The van der Waals surface area contributed by atoms with Crippen molar-refractivity contribution in [1.29, 1.82) is 0 Å². The van der Waals surface area contributed by atoms with Gasteiger partial charge < -0.3 is 9.61 Å². The number of aryl methyl sites for hydroxylation is 2. The van der Waals surface area contributed by atoms with Gasteiger partial charge in [-0.15, -0.1) is 0 Å². The highest BCUT2D eigenvalue weighted by Crippen LogP contribution is 2.43. The van der Waals surface area contributed by atoms with Gasteiger partial charge in [0.25, 0.3) is 0 Å². The van der Waals surface area contributed by atoms with E-state index in [1.165, 1.54) is 5.56 Å². The number of nitrogens with one attached hydrogen (secondary N) is 1. The van der Waals surface area contributed by atoms with Crippen LogP contribution < -0.4 is 9.61 Å². The Morgan fingerprint density at radius 1 is 1.00 bits per heavy atom. The monoisotopic (exact) mass is 275 g/mol. The summed E-state index contributed by atoms with van der Waals surface area (Å²) in [5.41, 5.74) is 3.18. The molecule has 19 heavy (non-hydrogen) atoms. The Labute approximate surface area is 114 Å². The van der Waals surface area contributed by atoms with Crippen molar-refractivity contribution in [2.24, 2.45) is 0 Å². The van der Waals surface area contributed by atoms with Gasteiger partial charge >= 0.3 is 7.52 Å². The van der Waals surface area contributed by atoms with Crippen molar-refractivity contribution in [3.8, 4) is 5.75 Å². The van der Waals surface area contributed by atoms with E-state index in [4.69, 9.17) is 4.52 Å². The van der Waals surface area contributed by atoms with E-state index in [2.05, 4.69) is 5.09 Å². The average Bonchev–Trinajstić information content (AvgIpc) is 2.34. The summed E-state index contributed by atoms with van der Waals surface area (Å²) in [7, 11) is -2.92. The first kappa shape index (κ1) is 13.7. The van der Waals surface area contributed by atoms with E-state index in [0.29, 0.717) is 5.75 Å². The number of hydrogen-bond acceptors (Lipinski definition) is 2. The summed E-state index contributed by atoms with van der Waals surface area (Å²) in [6.07, 6.45) is 0. The maximum atomic E-state index is 12.4. The standard InChI is InChI=1S/C15H18NO2P/c1-12-9-10-14(11-13(12)2)16-19(3,17)18-15-7-5-4-6-8-15/h4-11H,1-3H3,(H,16,17)/t19-/m0/s1. The van der Waals surface area contributed by atoms with Crippen molar-refractivity contribution < 1.29 is 9.09 Å². The molecule has 2 aromatic rings. The number of hydrogen-bond donors (Lipinski definition) is 1. The predicted molar refractivity (Wildman–Crippen MR) is 80.1 cm³/mol. The molecule has 0 bridgehead atoms. The molecule has 2 aromatic carbocycles. The Kier molecular flexibility index (Phi) is 3.96. The predicted octanol–water partition coefficient (Wildman–Crippen LogP) is 4.62. The molecule has 100 valence electrons. The third kappa shape index (κ3) is 3.87. The van der Waals surface area contributed by atoms with Crippen LogP contribution >= 0.6 is 7.52 Å². The maximum absolute atomic E-state index is 12.4. The van der Waals surface area contributed by atoms with Gasteiger partial charge in [-0.1, -0.05) is 24.3 Å². The smallest absolute Gasteiger partial charge is 0.338 e. The summed E-state index contributed by atoms with van der Waals surface area (Å²) >= 11 is 0. The zero-order valence-corrected chi connectivity index (χ0v) is 12.3. The molecule has 0 aromatic heterocycles. The Morgan fingerprint density at radius 2 is 1.68 bits per heavy atom. The second-order valence-corrected chi connectivity index (χ2v) is 6.76. The zero-order valence-electron chi connectivity index (χ0n) is 11.4. The first-order chi connectivity index (χ1) is 8.96. The van der Waals surface area contributed by atoms with Crippen LogP contribution in [0.15, 0.2) is 48.5 Å². The minimum absolute atomic E-state index is 0.602. The van der Waals surface area contributed by atoms with E-state index in [1.807, 2.05) is 50.2 Å². The van der Waals surface area contributed by atoms with Gasteiger partial charge in [0.15, 0.2) is 0 Å². The largest absolute Gasteiger partial charge is 0.429 e. The number of para-hydroxylation sites is 1. The molecular weight excluding hydrogens is 257 g/mol. The molecule has 0 heterocycles. The molecule has 0 aliphatic heterocycles. The van der Waals surface area contributed by atoms with Crippen LogP contribution in [0.2, 0.25) is 0 Å². The minimum Gasteiger partial charge on any atom is -0.429 e. The van der Waals surface area contributed by atoms with Gasteiger partial charge in [-0.3, -0.25) is 4.57 Å². The van der Waals surface area contributed by atoms with Crippen LogP contribution in [0.1, 0.15) is 11.1 Å². The average molecular weight is 275 g/mol. The van der Waals surface area contributed by atoms with E-state index in [0.717, 1.165) is 11.3 Å². The van der Waals surface area contributed by atoms with Crippen molar-refractivity contribution in [3.05, 3.63) is 59.7 Å².